The average molecular weight is 450 g/mol. The zero-order valence-corrected chi connectivity index (χ0v) is 19.1. The molecule has 7 nitrogen and oxygen atoms in total. The quantitative estimate of drug-likeness (QED) is 0.434. The molecule has 8 heteroatoms. The number of aryl methyl sites for hydroxylation is 1. The van der Waals surface area contributed by atoms with E-state index in [1.807, 2.05) is 55.5 Å². The summed E-state index contributed by atoms with van der Waals surface area (Å²) in [5, 5.41) is 3.72. The van der Waals surface area contributed by atoms with Crippen molar-refractivity contribution in [2.45, 2.75) is 11.9 Å². The number of hydrogen-bond acceptors (Lipinski definition) is 7. The molecule has 1 amide bonds. The van der Waals surface area contributed by atoms with E-state index in [-0.39, 0.29) is 5.91 Å². The summed E-state index contributed by atoms with van der Waals surface area (Å²) in [7, 11) is 1.70. The van der Waals surface area contributed by atoms with Crippen molar-refractivity contribution in [3.63, 3.8) is 0 Å². The number of carbonyl (C=O) groups excluding carboxylic acids is 1. The molecule has 2 heterocycles. The van der Waals surface area contributed by atoms with E-state index in [9.17, 15) is 4.79 Å². The Morgan fingerprint density at radius 3 is 2.59 bits per heavy atom. The average Bonchev–Trinajstić information content (AvgIpc) is 2.83. The van der Waals surface area contributed by atoms with Gasteiger partial charge in [-0.05, 0) is 36.8 Å². The fourth-order valence-electron chi connectivity index (χ4n) is 3.71. The molecule has 0 unspecified atom stereocenters. The van der Waals surface area contributed by atoms with Crippen LogP contribution in [0.2, 0.25) is 0 Å². The van der Waals surface area contributed by atoms with Gasteiger partial charge in [-0.2, -0.15) is 0 Å². The predicted octanol–water partition coefficient (Wildman–Crippen LogP) is 3.85. The summed E-state index contributed by atoms with van der Waals surface area (Å²) < 4.78 is 5.50. The normalized spacial score (nSPS) is 13.7. The SMILES string of the molecule is COc1ccccc1N1CCN(c2cc(SCC(=O)Nc3cccc(C)c3)ncn2)CC1. The van der Waals surface area contributed by atoms with Gasteiger partial charge in [-0.15, -0.1) is 0 Å². The third-order valence-electron chi connectivity index (χ3n) is 5.31. The van der Waals surface area contributed by atoms with Crippen molar-refractivity contribution >= 4 is 34.9 Å². The Bertz CT molecular complexity index is 1070. The Hall–Kier alpha value is -3.26. The summed E-state index contributed by atoms with van der Waals surface area (Å²) in [5.74, 6) is 2.03. The molecule has 32 heavy (non-hydrogen) atoms. The lowest BCUT2D eigenvalue weighted by atomic mass is 10.2. The number of aromatic nitrogens is 2. The Morgan fingerprint density at radius 2 is 1.81 bits per heavy atom. The summed E-state index contributed by atoms with van der Waals surface area (Å²) in [5.41, 5.74) is 3.04. The van der Waals surface area contributed by atoms with Gasteiger partial charge in [0.2, 0.25) is 5.91 Å². The Morgan fingerprint density at radius 1 is 1.03 bits per heavy atom. The molecule has 0 bridgehead atoms. The molecule has 1 saturated heterocycles. The van der Waals surface area contributed by atoms with E-state index in [0.29, 0.717) is 5.75 Å². The third-order valence-corrected chi connectivity index (χ3v) is 6.24. The lowest BCUT2D eigenvalue weighted by Gasteiger charge is -2.37. The molecule has 0 spiro atoms. The highest BCUT2D eigenvalue weighted by atomic mass is 32.2. The highest BCUT2D eigenvalue weighted by Gasteiger charge is 2.21. The van der Waals surface area contributed by atoms with Crippen molar-refractivity contribution in [1.29, 1.82) is 0 Å². The molecule has 0 atom stereocenters. The molecule has 4 rings (SSSR count). The fraction of sp³-hybridized carbons (Fsp3) is 0.292. The van der Waals surface area contributed by atoms with Crippen molar-refractivity contribution in [3.8, 4) is 5.75 Å². The first-order valence-corrected chi connectivity index (χ1v) is 11.6. The minimum Gasteiger partial charge on any atom is -0.495 e. The summed E-state index contributed by atoms with van der Waals surface area (Å²) in [6.07, 6.45) is 1.57. The smallest absolute Gasteiger partial charge is 0.234 e. The zero-order chi connectivity index (χ0) is 22.3. The van der Waals surface area contributed by atoms with Gasteiger partial charge in [0.1, 0.15) is 22.9 Å². The summed E-state index contributed by atoms with van der Waals surface area (Å²) in [6, 6.07) is 17.8. The van der Waals surface area contributed by atoms with Crippen LogP contribution in [0.15, 0.2) is 66.0 Å². The number of thioether (sulfide) groups is 1. The van der Waals surface area contributed by atoms with Gasteiger partial charge in [0.25, 0.3) is 0 Å². The minimum atomic E-state index is -0.0498. The number of nitrogens with zero attached hydrogens (tertiary/aromatic N) is 4. The van der Waals surface area contributed by atoms with Crippen molar-refractivity contribution in [2.24, 2.45) is 0 Å². The molecule has 166 valence electrons. The molecule has 3 aromatic rings. The van der Waals surface area contributed by atoms with Crippen LogP contribution < -0.4 is 19.9 Å². The molecule has 1 aliphatic heterocycles. The van der Waals surface area contributed by atoms with Crippen LogP contribution in [-0.2, 0) is 4.79 Å². The second-order valence-corrected chi connectivity index (χ2v) is 8.56. The number of para-hydroxylation sites is 2. The van der Waals surface area contributed by atoms with Crippen LogP contribution in [0.3, 0.4) is 0 Å². The third kappa shape index (κ3) is 5.50. The van der Waals surface area contributed by atoms with E-state index in [1.165, 1.54) is 11.8 Å². The van der Waals surface area contributed by atoms with Crippen molar-refractivity contribution < 1.29 is 9.53 Å². The van der Waals surface area contributed by atoms with E-state index >= 15 is 0 Å². The lowest BCUT2D eigenvalue weighted by molar-refractivity contribution is -0.113. The van der Waals surface area contributed by atoms with Crippen molar-refractivity contribution in [2.75, 3.05) is 54.2 Å². The van der Waals surface area contributed by atoms with Crippen molar-refractivity contribution in [3.05, 3.63) is 66.5 Å². The number of piperazine rings is 1. The van der Waals surface area contributed by atoms with Crippen LogP contribution in [0.25, 0.3) is 0 Å². The molecular weight excluding hydrogens is 422 g/mol. The monoisotopic (exact) mass is 449 g/mol. The zero-order valence-electron chi connectivity index (χ0n) is 18.3. The van der Waals surface area contributed by atoms with Crippen LogP contribution in [0.4, 0.5) is 17.2 Å². The molecule has 1 aromatic heterocycles. The molecular formula is C24H27N5O2S. The number of amides is 1. The number of benzene rings is 2. The molecule has 1 fully saturated rings. The van der Waals surface area contributed by atoms with Gasteiger partial charge in [-0.3, -0.25) is 4.79 Å². The maximum atomic E-state index is 12.3. The van der Waals surface area contributed by atoms with Crippen molar-refractivity contribution in [1.82, 2.24) is 9.97 Å². The highest BCUT2D eigenvalue weighted by molar-refractivity contribution is 7.99. The van der Waals surface area contributed by atoms with Gasteiger partial charge in [0, 0.05) is 37.9 Å². The molecule has 0 aliphatic carbocycles. The topological polar surface area (TPSA) is 70.6 Å². The summed E-state index contributed by atoms with van der Waals surface area (Å²) >= 11 is 1.42. The van der Waals surface area contributed by atoms with E-state index in [2.05, 4.69) is 31.2 Å². The molecule has 2 aromatic carbocycles. The second-order valence-electron chi connectivity index (χ2n) is 7.57. The van der Waals surface area contributed by atoms with Crippen LogP contribution in [0.1, 0.15) is 5.56 Å². The number of methoxy groups -OCH3 is 1. The first-order chi connectivity index (χ1) is 15.6. The first kappa shape index (κ1) is 22.0. The van der Waals surface area contributed by atoms with Gasteiger partial charge >= 0.3 is 0 Å². The molecule has 0 saturated carbocycles. The predicted molar refractivity (Wildman–Crippen MR) is 130 cm³/mol. The minimum absolute atomic E-state index is 0.0498. The van der Waals surface area contributed by atoms with Crippen LogP contribution in [0.5, 0.6) is 5.75 Å². The van der Waals surface area contributed by atoms with Crippen LogP contribution in [0, 0.1) is 6.92 Å². The van der Waals surface area contributed by atoms with Gasteiger partial charge in [-0.1, -0.05) is 36.0 Å². The van der Waals surface area contributed by atoms with E-state index < -0.39 is 0 Å². The van der Waals surface area contributed by atoms with Crippen LogP contribution in [-0.4, -0.2) is 54.9 Å². The number of ether oxygens (including phenoxy) is 1. The molecule has 0 radical (unpaired) electrons. The summed E-state index contributed by atoms with van der Waals surface area (Å²) in [4.78, 5) is 25.7. The molecule has 1 aliphatic rings. The van der Waals surface area contributed by atoms with Crippen LogP contribution >= 0.6 is 11.8 Å². The number of nitrogens with one attached hydrogen (secondary N) is 1. The lowest BCUT2D eigenvalue weighted by Crippen LogP contribution is -2.47. The van der Waals surface area contributed by atoms with Gasteiger partial charge in [-0.25, -0.2) is 9.97 Å². The van der Waals surface area contributed by atoms with E-state index in [1.54, 1.807) is 13.4 Å². The Kier molecular flexibility index (Phi) is 7.11. The standard InChI is InChI=1S/C24H27N5O2S/c1-18-6-5-7-19(14-18)27-23(30)16-32-24-15-22(25-17-26-24)29-12-10-28(11-13-29)20-8-3-4-9-21(20)31-2/h3-9,14-15,17H,10-13,16H2,1-2H3,(H,27,30). The van der Waals surface area contributed by atoms with Gasteiger partial charge in [0.05, 0.1) is 18.6 Å². The largest absolute Gasteiger partial charge is 0.495 e. The number of anilines is 3. The Balaban J connectivity index is 1.32. The van der Waals surface area contributed by atoms with E-state index in [4.69, 9.17) is 4.74 Å². The van der Waals surface area contributed by atoms with Gasteiger partial charge in [0.15, 0.2) is 0 Å². The number of rotatable bonds is 7. The maximum absolute atomic E-state index is 12.3. The second kappa shape index (κ2) is 10.4. The molecule has 1 N–H and O–H groups in total. The fourth-order valence-corrected chi connectivity index (χ4v) is 4.37. The number of hydrogen-bond donors (Lipinski definition) is 1. The first-order valence-electron chi connectivity index (χ1n) is 10.6. The van der Waals surface area contributed by atoms with E-state index in [0.717, 1.165) is 59.7 Å². The maximum Gasteiger partial charge on any atom is 0.234 e. The summed E-state index contributed by atoms with van der Waals surface area (Å²) in [6.45, 7) is 5.47. The highest BCUT2D eigenvalue weighted by Crippen LogP contribution is 2.29. The number of carbonyl (C=O) groups is 1. The van der Waals surface area contributed by atoms with Gasteiger partial charge < -0.3 is 19.9 Å². The Labute approximate surface area is 192 Å².